The summed E-state index contributed by atoms with van der Waals surface area (Å²) in [5, 5.41) is 19.7. The number of carbonyl (C=O) groups is 1. The lowest BCUT2D eigenvalue weighted by Gasteiger charge is -2.12. The van der Waals surface area contributed by atoms with Crippen molar-refractivity contribution < 1.29 is 23.2 Å². The topological polar surface area (TPSA) is 127 Å². The van der Waals surface area contributed by atoms with Gasteiger partial charge in [-0.25, -0.2) is 8.42 Å². The van der Waals surface area contributed by atoms with Crippen LogP contribution in [0, 0.1) is 22.5 Å². The molecule has 0 saturated carbocycles. The number of nitro benzene ring substituents is 1. The monoisotopic (exact) mass is 332 g/mol. The minimum Gasteiger partial charge on any atom is -0.480 e. The third kappa shape index (κ3) is 4.16. The molecule has 0 amide bonds. The summed E-state index contributed by atoms with van der Waals surface area (Å²) in [4.78, 5) is 20.1. The highest BCUT2D eigenvalue weighted by molar-refractivity contribution is 7.89. The van der Waals surface area contributed by atoms with Crippen LogP contribution >= 0.6 is 11.6 Å². The van der Waals surface area contributed by atoms with Crippen molar-refractivity contribution in [3.05, 3.63) is 33.3 Å². The van der Waals surface area contributed by atoms with Gasteiger partial charge in [-0.3, -0.25) is 14.9 Å². The van der Waals surface area contributed by atoms with E-state index in [1.165, 1.54) is 0 Å². The van der Waals surface area contributed by atoms with Gasteiger partial charge in [0.2, 0.25) is 10.0 Å². The van der Waals surface area contributed by atoms with Crippen LogP contribution in [0.4, 0.5) is 5.69 Å². The highest BCUT2D eigenvalue weighted by Crippen LogP contribution is 2.27. The van der Waals surface area contributed by atoms with Gasteiger partial charge in [0.15, 0.2) is 4.90 Å². The number of aliphatic carboxylic acids is 1. The Labute approximate surface area is 124 Å². The Hall–Kier alpha value is -2.15. The quantitative estimate of drug-likeness (QED) is 0.454. The third-order valence-corrected chi connectivity index (χ3v) is 4.08. The molecule has 10 heteroatoms. The molecule has 0 fully saturated rings. The lowest BCUT2D eigenvalue weighted by molar-refractivity contribution is -0.387. The van der Waals surface area contributed by atoms with Crippen molar-refractivity contribution in [2.45, 2.75) is 17.4 Å². The highest BCUT2D eigenvalue weighted by Gasteiger charge is 2.30. The average molecular weight is 333 g/mol. The largest absolute Gasteiger partial charge is 0.480 e. The van der Waals surface area contributed by atoms with Gasteiger partial charge in [0.1, 0.15) is 6.04 Å². The number of benzene rings is 1. The van der Waals surface area contributed by atoms with Crippen molar-refractivity contribution in [2.75, 3.05) is 0 Å². The smallest absolute Gasteiger partial charge is 0.322 e. The summed E-state index contributed by atoms with van der Waals surface area (Å²) in [5.41, 5.74) is -0.764. The van der Waals surface area contributed by atoms with Gasteiger partial charge in [-0.05, 0) is 12.1 Å². The van der Waals surface area contributed by atoms with E-state index < -0.39 is 44.0 Å². The molecular formula is C11H9ClN2O6S. The first-order chi connectivity index (χ1) is 9.69. The lowest BCUT2D eigenvalue weighted by Crippen LogP contribution is -2.40. The number of hydrogen-bond acceptors (Lipinski definition) is 5. The molecule has 0 aromatic heterocycles. The summed E-state index contributed by atoms with van der Waals surface area (Å²) in [6.45, 7) is 0. The first kappa shape index (κ1) is 16.9. The normalized spacial score (nSPS) is 12.4. The first-order valence-corrected chi connectivity index (χ1v) is 7.17. The zero-order valence-electron chi connectivity index (χ0n) is 10.3. The maximum atomic E-state index is 12.1. The molecule has 112 valence electrons. The Kier molecular flexibility index (Phi) is 5.26. The predicted molar refractivity (Wildman–Crippen MR) is 73.3 cm³/mol. The van der Waals surface area contributed by atoms with Gasteiger partial charge in [-0.1, -0.05) is 11.6 Å². The van der Waals surface area contributed by atoms with Crippen LogP contribution in [0.25, 0.3) is 0 Å². The van der Waals surface area contributed by atoms with E-state index in [1.54, 1.807) is 0 Å². The molecule has 1 aromatic rings. The third-order valence-electron chi connectivity index (χ3n) is 2.32. The van der Waals surface area contributed by atoms with E-state index in [2.05, 4.69) is 0 Å². The van der Waals surface area contributed by atoms with Crippen LogP contribution in [0.3, 0.4) is 0 Å². The van der Waals surface area contributed by atoms with E-state index >= 15 is 0 Å². The van der Waals surface area contributed by atoms with Gasteiger partial charge in [0, 0.05) is 17.5 Å². The molecule has 0 aliphatic carbocycles. The van der Waals surface area contributed by atoms with E-state index in [-0.39, 0.29) is 5.02 Å². The Morgan fingerprint density at radius 3 is 2.67 bits per heavy atom. The molecule has 8 nitrogen and oxygen atoms in total. The highest BCUT2D eigenvalue weighted by atomic mass is 35.5. The second-order valence-electron chi connectivity index (χ2n) is 3.79. The van der Waals surface area contributed by atoms with Crippen molar-refractivity contribution in [3.63, 3.8) is 0 Å². The predicted octanol–water partition coefficient (Wildman–Crippen LogP) is 1.00. The Balaban J connectivity index is 3.29. The Morgan fingerprint density at radius 2 is 2.19 bits per heavy atom. The molecule has 0 radical (unpaired) electrons. The average Bonchev–Trinajstić information content (AvgIpc) is 2.37. The molecular weight excluding hydrogens is 324 g/mol. The fraction of sp³-hybridized carbons (Fsp3) is 0.182. The van der Waals surface area contributed by atoms with Crippen LogP contribution in [-0.2, 0) is 14.8 Å². The van der Waals surface area contributed by atoms with E-state index in [9.17, 15) is 23.3 Å². The fourth-order valence-electron chi connectivity index (χ4n) is 1.41. The van der Waals surface area contributed by atoms with E-state index in [0.717, 1.165) is 18.2 Å². The standard InChI is InChI=1S/C11H9ClN2O6S/c1-2-3-8(11(15)16)13-21(19,20)10-5-4-7(12)6-9(10)14(17)18/h1,4-6,8,13H,3H2,(H,15,16). The van der Waals surface area contributed by atoms with Gasteiger partial charge < -0.3 is 5.11 Å². The van der Waals surface area contributed by atoms with Gasteiger partial charge >= 0.3 is 5.97 Å². The van der Waals surface area contributed by atoms with Crippen LogP contribution in [-0.4, -0.2) is 30.5 Å². The van der Waals surface area contributed by atoms with Crippen molar-refractivity contribution in [1.82, 2.24) is 4.72 Å². The molecule has 0 spiro atoms. The maximum Gasteiger partial charge on any atom is 0.322 e. The summed E-state index contributed by atoms with van der Waals surface area (Å²) in [5.74, 6) is 0.514. The number of halogens is 1. The van der Waals surface area contributed by atoms with E-state index in [1.807, 2.05) is 10.6 Å². The zero-order valence-corrected chi connectivity index (χ0v) is 11.9. The first-order valence-electron chi connectivity index (χ1n) is 5.31. The Bertz CT molecular complexity index is 725. The van der Waals surface area contributed by atoms with Crippen LogP contribution in [0.5, 0.6) is 0 Å². The summed E-state index contributed by atoms with van der Waals surface area (Å²) < 4.78 is 25.9. The molecule has 1 atom stereocenters. The lowest BCUT2D eigenvalue weighted by atomic mass is 10.2. The van der Waals surface area contributed by atoms with Crippen molar-refractivity contribution in [3.8, 4) is 12.3 Å². The summed E-state index contributed by atoms with van der Waals surface area (Å²) in [6, 6.07) is 1.32. The fourth-order valence-corrected chi connectivity index (χ4v) is 2.92. The van der Waals surface area contributed by atoms with Gasteiger partial charge in [-0.2, -0.15) is 4.72 Å². The number of carboxylic acids is 1. The molecule has 1 rings (SSSR count). The van der Waals surface area contributed by atoms with Crippen molar-refractivity contribution in [2.24, 2.45) is 0 Å². The van der Waals surface area contributed by atoms with Gasteiger partial charge in [-0.15, -0.1) is 12.3 Å². The number of carboxylic acid groups (broad SMARTS) is 1. The molecule has 0 bridgehead atoms. The minimum atomic E-state index is -4.45. The van der Waals surface area contributed by atoms with Crippen LogP contribution < -0.4 is 4.72 Å². The number of terminal acetylenes is 1. The second kappa shape index (κ2) is 6.53. The number of nitro groups is 1. The van der Waals surface area contributed by atoms with Crippen molar-refractivity contribution in [1.29, 1.82) is 0 Å². The number of rotatable bonds is 6. The van der Waals surface area contributed by atoms with Crippen LogP contribution in [0.15, 0.2) is 23.1 Å². The van der Waals surface area contributed by atoms with Gasteiger partial charge in [0.25, 0.3) is 5.69 Å². The van der Waals surface area contributed by atoms with E-state index in [0.29, 0.717) is 0 Å². The minimum absolute atomic E-state index is 0.0286. The molecule has 1 aromatic carbocycles. The summed E-state index contributed by atoms with van der Waals surface area (Å²) in [7, 11) is -4.45. The molecule has 2 N–H and O–H groups in total. The number of sulfonamides is 1. The van der Waals surface area contributed by atoms with E-state index in [4.69, 9.17) is 23.1 Å². The maximum absolute atomic E-state index is 12.1. The SMILES string of the molecule is C#CCC(NS(=O)(=O)c1ccc(Cl)cc1[N+](=O)[O-])C(=O)O. The number of nitrogens with one attached hydrogen (secondary N) is 1. The summed E-state index contributed by atoms with van der Waals surface area (Å²) >= 11 is 5.58. The van der Waals surface area contributed by atoms with Gasteiger partial charge in [0.05, 0.1) is 4.92 Å². The second-order valence-corrected chi connectivity index (χ2v) is 5.91. The molecule has 21 heavy (non-hydrogen) atoms. The van der Waals surface area contributed by atoms with Crippen LogP contribution in [0.2, 0.25) is 5.02 Å². The molecule has 1 unspecified atom stereocenters. The Morgan fingerprint density at radius 1 is 1.57 bits per heavy atom. The number of nitrogens with zero attached hydrogens (tertiary/aromatic N) is 1. The molecule has 0 heterocycles. The molecule has 0 aliphatic heterocycles. The summed E-state index contributed by atoms with van der Waals surface area (Å²) in [6.07, 6.45) is 4.54. The van der Waals surface area contributed by atoms with Crippen molar-refractivity contribution >= 4 is 33.3 Å². The molecule has 0 saturated heterocycles. The number of hydrogen-bond donors (Lipinski definition) is 2. The molecule has 0 aliphatic rings. The zero-order chi connectivity index (χ0) is 16.2. The van der Waals surface area contributed by atoms with Crippen LogP contribution in [0.1, 0.15) is 6.42 Å².